The van der Waals surface area contributed by atoms with Gasteiger partial charge in [-0.2, -0.15) is 0 Å². The van der Waals surface area contributed by atoms with Crippen molar-refractivity contribution in [3.63, 3.8) is 0 Å². The van der Waals surface area contributed by atoms with Gasteiger partial charge < -0.3 is 18.6 Å². The van der Waals surface area contributed by atoms with Crippen LogP contribution in [0.3, 0.4) is 0 Å². The summed E-state index contributed by atoms with van der Waals surface area (Å²) in [6, 6.07) is 5.71. The van der Waals surface area contributed by atoms with E-state index in [4.69, 9.17) is 18.6 Å². The Hall–Kier alpha value is -1.83. The van der Waals surface area contributed by atoms with E-state index in [0.29, 0.717) is 24.9 Å². The SMILES string of the molecule is COCCO[C@H]1CC[C@](C)(N2CCC(n3c(=O)oc4ccc(OC)cc43)CC2)CC1. The van der Waals surface area contributed by atoms with E-state index >= 15 is 0 Å². The van der Waals surface area contributed by atoms with Gasteiger partial charge in [0.05, 0.1) is 31.9 Å². The molecule has 1 saturated heterocycles. The lowest BCUT2D eigenvalue weighted by atomic mass is 9.79. The average molecular weight is 419 g/mol. The normalized spacial score (nSPS) is 26.3. The number of benzene rings is 1. The third-order valence-electron chi connectivity index (χ3n) is 7.06. The lowest BCUT2D eigenvalue weighted by Gasteiger charge is -2.48. The molecule has 4 rings (SSSR count). The first-order valence-corrected chi connectivity index (χ1v) is 11.1. The Labute approximate surface area is 177 Å². The predicted molar refractivity (Wildman–Crippen MR) is 115 cm³/mol. The number of oxazole rings is 1. The zero-order valence-electron chi connectivity index (χ0n) is 18.4. The van der Waals surface area contributed by atoms with E-state index in [9.17, 15) is 4.79 Å². The van der Waals surface area contributed by atoms with Crippen LogP contribution >= 0.6 is 0 Å². The molecule has 0 radical (unpaired) electrons. The van der Waals surface area contributed by atoms with Crippen LogP contribution in [0.4, 0.5) is 0 Å². The quantitative estimate of drug-likeness (QED) is 0.640. The minimum Gasteiger partial charge on any atom is -0.497 e. The summed E-state index contributed by atoms with van der Waals surface area (Å²) in [6.07, 6.45) is 6.78. The number of aromatic nitrogens is 1. The standard InChI is InChI=1S/C23H34N2O5/c1-23(10-6-18(7-11-23)29-15-14-27-2)24-12-8-17(9-13-24)25-20-16-19(28-3)4-5-21(20)30-22(25)26/h4-5,16-18H,6-15H2,1-3H3/t18-,23-. The van der Waals surface area contributed by atoms with Crippen molar-refractivity contribution < 1.29 is 18.6 Å². The van der Waals surface area contributed by atoms with Gasteiger partial charge in [0.25, 0.3) is 0 Å². The van der Waals surface area contributed by atoms with Crippen molar-refractivity contribution in [2.75, 3.05) is 40.5 Å². The Morgan fingerprint density at radius 2 is 1.83 bits per heavy atom. The average Bonchev–Trinajstić information content (AvgIpc) is 3.10. The molecule has 1 aliphatic heterocycles. The highest BCUT2D eigenvalue weighted by Crippen LogP contribution is 2.38. The lowest BCUT2D eigenvalue weighted by Crippen LogP contribution is -2.53. The topological polar surface area (TPSA) is 66.1 Å². The van der Waals surface area contributed by atoms with Crippen LogP contribution in [-0.2, 0) is 9.47 Å². The van der Waals surface area contributed by atoms with Crippen LogP contribution in [0.25, 0.3) is 11.1 Å². The van der Waals surface area contributed by atoms with Crippen molar-refractivity contribution in [2.24, 2.45) is 0 Å². The second-order valence-corrected chi connectivity index (χ2v) is 8.85. The smallest absolute Gasteiger partial charge is 0.420 e. The van der Waals surface area contributed by atoms with Crippen molar-refractivity contribution in [3.05, 3.63) is 28.7 Å². The number of hydrogen-bond acceptors (Lipinski definition) is 6. The van der Waals surface area contributed by atoms with Gasteiger partial charge in [-0.25, -0.2) is 4.79 Å². The molecular formula is C23H34N2O5. The molecule has 7 heteroatoms. The minimum absolute atomic E-state index is 0.166. The van der Waals surface area contributed by atoms with Gasteiger partial charge in [0, 0.05) is 37.8 Å². The van der Waals surface area contributed by atoms with Crippen molar-refractivity contribution in [1.29, 1.82) is 0 Å². The highest BCUT2D eigenvalue weighted by atomic mass is 16.5. The van der Waals surface area contributed by atoms with E-state index < -0.39 is 0 Å². The van der Waals surface area contributed by atoms with Gasteiger partial charge in [0.15, 0.2) is 5.58 Å². The van der Waals surface area contributed by atoms with Crippen molar-refractivity contribution in [3.8, 4) is 5.75 Å². The second-order valence-electron chi connectivity index (χ2n) is 8.85. The molecule has 1 saturated carbocycles. The maximum absolute atomic E-state index is 12.5. The third kappa shape index (κ3) is 4.29. The molecule has 1 aliphatic carbocycles. The van der Waals surface area contributed by atoms with Gasteiger partial charge in [-0.1, -0.05) is 0 Å². The maximum atomic E-state index is 12.5. The number of nitrogens with zero attached hydrogens (tertiary/aromatic N) is 2. The van der Waals surface area contributed by atoms with Crippen LogP contribution in [0.15, 0.2) is 27.4 Å². The molecule has 0 unspecified atom stereocenters. The number of hydrogen-bond donors (Lipinski definition) is 0. The summed E-state index contributed by atoms with van der Waals surface area (Å²) in [5, 5.41) is 0. The Morgan fingerprint density at radius 3 is 2.50 bits per heavy atom. The number of likely N-dealkylation sites (tertiary alicyclic amines) is 1. The molecule has 2 fully saturated rings. The van der Waals surface area contributed by atoms with Crippen molar-refractivity contribution >= 4 is 11.1 Å². The molecule has 2 aromatic rings. The highest BCUT2D eigenvalue weighted by molar-refractivity contribution is 5.75. The summed E-state index contributed by atoms with van der Waals surface area (Å²) in [5.74, 6) is 0.475. The first-order valence-electron chi connectivity index (χ1n) is 11.1. The first-order chi connectivity index (χ1) is 14.5. The number of rotatable bonds is 7. The van der Waals surface area contributed by atoms with Crippen LogP contribution in [0, 0.1) is 0 Å². The fraction of sp³-hybridized carbons (Fsp3) is 0.696. The number of methoxy groups -OCH3 is 2. The molecular weight excluding hydrogens is 384 g/mol. The van der Waals surface area contributed by atoms with Crippen LogP contribution in [0.2, 0.25) is 0 Å². The molecule has 1 aromatic heterocycles. The number of fused-ring (bicyclic) bond motifs is 1. The Morgan fingerprint density at radius 1 is 1.10 bits per heavy atom. The molecule has 1 aromatic carbocycles. The monoisotopic (exact) mass is 418 g/mol. The van der Waals surface area contributed by atoms with E-state index in [-0.39, 0.29) is 17.3 Å². The summed E-state index contributed by atoms with van der Waals surface area (Å²) in [6.45, 7) is 5.73. The van der Waals surface area contributed by atoms with E-state index in [0.717, 1.165) is 62.9 Å². The van der Waals surface area contributed by atoms with Crippen LogP contribution in [-0.4, -0.2) is 61.6 Å². The third-order valence-corrected chi connectivity index (χ3v) is 7.06. The summed E-state index contributed by atoms with van der Waals surface area (Å²) in [7, 11) is 3.35. The Kier molecular flexibility index (Phi) is 6.51. The summed E-state index contributed by atoms with van der Waals surface area (Å²) < 4.78 is 23.7. The Bertz CT molecular complexity index is 889. The van der Waals surface area contributed by atoms with Crippen molar-refractivity contribution in [1.82, 2.24) is 9.47 Å². The van der Waals surface area contributed by atoms with Gasteiger partial charge in [-0.3, -0.25) is 9.47 Å². The fourth-order valence-corrected chi connectivity index (χ4v) is 5.14. The van der Waals surface area contributed by atoms with Crippen LogP contribution in [0.1, 0.15) is 51.5 Å². The first kappa shape index (κ1) is 21.4. The number of ether oxygens (including phenoxy) is 3. The molecule has 0 N–H and O–H groups in total. The van der Waals surface area contributed by atoms with Crippen LogP contribution in [0.5, 0.6) is 5.75 Å². The zero-order valence-corrected chi connectivity index (χ0v) is 18.4. The van der Waals surface area contributed by atoms with Gasteiger partial charge in [0.1, 0.15) is 5.75 Å². The molecule has 0 amide bonds. The molecule has 2 aliphatic rings. The van der Waals surface area contributed by atoms with E-state index in [1.807, 2.05) is 22.8 Å². The summed E-state index contributed by atoms with van der Waals surface area (Å²) in [4.78, 5) is 15.2. The second kappa shape index (κ2) is 9.12. The largest absolute Gasteiger partial charge is 0.497 e. The number of piperidine rings is 1. The molecule has 2 heterocycles. The van der Waals surface area contributed by atoms with Gasteiger partial charge in [-0.05, 0) is 57.6 Å². The van der Waals surface area contributed by atoms with Gasteiger partial charge in [-0.15, -0.1) is 0 Å². The minimum atomic E-state index is -0.267. The fourth-order valence-electron chi connectivity index (χ4n) is 5.14. The predicted octanol–water partition coefficient (Wildman–Crippen LogP) is 3.60. The lowest BCUT2D eigenvalue weighted by molar-refractivity contribution is -0.0419. The molecule has 166 valence electrons. The molecule has 7 nitrogen and oxygen atoms in total. The van der Waals surface area contributed by atoms with Gasteiger partial charge in [0.2, 0.25) is 0 Å². The van der Waals surface area contributed by atoms with E-state index in [1.165, 1.54) is 0 Å². The van der Waals surface area contributed by atoms with Gasteiger partial charge >= 0.3 is 5.76 Å². The molecule has 0 bridgehead atoms. The Balaban J connectivity index is 1.38. The molecule has 30 heavy (non-hydrogen) atoms. The highest BCUT2D eigenvalue weighted by Gasteiger charge is 2.38. The molecule has 0 spiro atoms. The van der Waals surface area contributed by atoms with Crippen LogP contribution < -0.4 is 10.5 Å². The molecule has 0 atom stereocenters. The summed E-state index contributed by atoms with van der Waals surface area (Å²) in [5.41, 5.74) is 1.68. The van der Waals surface area contributed by atoms with E-state index in [1.54, 1.807) is 14.2 Å². The van der Waals surface area contributed by atoms with Crippen molar-refractivity contribution in [2.45, 2.75) is 63.1 Å². The maximum Gasteiger partial charge on any atom is 0.420 e. The summed E-state index contributed by atoms with van der Waals surface area (Å²) >= 11 is 0. The van der Waals surface area contributed by atoms with E-state index in [2.05, 4.69) is 11.8 Å². The zero-order chi connectivity index (χ0) is 21.1.